The first kappa shape index (κ1) is 35.8. The lowest BCUT2D eigenvalue weighted by Crippen LogP contribution is -2.46. The van der Waals surface area contributed by atoms with E-state index in [2.05, 4.69) is 28.2 Å². The molecule has 1 aliphatic carbocycles. The maximum absolute atomic E-state index is 13.4. The van der Waals surface area contributed by atoms with Crippen LogP contribution < -0.4 is 45.9 Å². The first-order valence-electron chi connectivity index (χ1n) is 17.3. The lowest BCUT2D eigenvalue weighted by atomic mass is 9.65. The largest absolute Gasteiger partial charge is 0.502 e. The van der Waals surface area contributed by atoms with Gasteiger partial charge in [-0.05, 0) is 106 Å². The van der Waals surface area contributed by atoms with Crippen molar-refractivity contribution in [2.45, 2.75) is 69.7 Å². The van der Waals surface area contributed by atoms with Crippen LogP contribution in [0.1, 0.15) is 74.1 Å². The Morgan fingerprint density at radius 2 is 1.67 bits per heavy atom. The third-order valence-corrected chi connectivity index (χ3v) is 9.77. The highest BCUT2D eigenvalue weighted by molar-refractivity contribution is 5.75. The minimum absolute atomic E-state index is 0.0982. The summed E-state index contributed by atoms with van der Waals surface area (Å²) in [5.41, 5.74) is 8.01. The van der Waals surface area contributed by atoms with E-state index in [-0.39, 0.29) is 48.5 Å². The zero-order valence-corrected chi connectivity index (χ0v) is 28.4. The number of amides is 2. The van der Waals surface area contributed by atoms with E-state index < -0.39 is 18.2 Å². The van der Waals surface area contributed by atoms with Gasteiger partial charge in [0.05, 0.1) is 26.9 Å². The number of phenolic OH excluding ortho intramolecular Hbond substituents is 1. The normalized spacial score (nSPS) is 22.9. The molecule has 3 aliphatic rings. The molecule has 1 saturated heterocycles. The zero-order chi connectivity index (χ0) is 34.0. The standard InChI is InChI=1S/C35H53N5O8/c1-4-22(38-13-6-5-11-37-12-8-10-36)9-7-14-39-35(43)40-32-24-18-27-26(47-20-48-27)17-23(24)30(31-25(32)19-46-34(31)42)21-15-28(44-2)33(41)29(16-21)45-3/h15-18,22,25,30-32,34,37-38,41-42H,4-14,19-20,36H2,1-3H3,(H2,39,40,43)/t22?,25-,30+,31-,32+,34?/m0/s1. The van der Waals surface area contributed by atoms with Crippen LogP contribution >= 0.6 is 0 Å². The lowest BCUT2D eigenvalue weighted by molar-refractivity contribution is -0.0855. The van der Waals surface area contributed by atoms with Crippen molar-refractivity contribution in [1.29, 1.82) is 0 Å². The number of hydrogen-bond donors (Lipinski definition) is 7. The molecule has 0 bridgehead atoms. The molecule has 0 radical (unpaired) electrons. The molecule has 13 heteroatoms. The smallest absolute Gasteiger partial charge is 0.315 e. The van der Waals surface area contributed by atoms with Crippen molar-refractivity contribution in [3.05, 3.63) is 41.0 Å². The summed E-state index contributed by atoms with van der Waals surface area (Å²) in [7, 11) is 2.95. The van der Waals surface area contributed by atoms with E-state index in [0.717, 1.165) is 81.4 Å². The van der Waals surface area contributed by atoms with E-state index in [1.807, 2.05) is 12.1 Å². The van der Waals surface area contributed by atoms with E-state index in [1.54, 1.807) is 12.1 Å². The molecule has 8 N–H and O–H groups in total. The first-order chi connectivity index (χ1) is 23.4. The second kappa shape index (κ2) is 17.3. The van der Waals surface area contributed by atoms with Crippen LogP contribution in [0.15, 0.2) is 24.3 Å². The second-order valence-electron chi connectivity index (χ2n) is 12.7. The van der Waals surface area contributed by atoms with Crippen molar-refractivity contribution >= 4 is 6.03 Å². The fourth-order valence-electron chi connectivity index (χ4n) is 7.23. The number of aromatic hydroxyl groups is 1. The van der Waals surface area contributed by atoms with Gasteiger partial charge < -0.3 is 60.9 Å². The maximum Gasteiger partial charge on any atom is 0.315 e. The van der Waals surface area contributed by atoms with E-state index in [1.165, 1.54) is 14.2 Å². The number of carbonyl (C=O) groups excluding carboxylic acids is 1. The van der Waals surface area contributed by atoms with E-state index in [4.69, 9.17) is 29.4 Å². The highest BCUT2D eigenvalue weighted by atomic mass is 16.7. The molecule has 48 heavy (non-hydrogen) atoms. The van der Waals surface area contributed by atoms with Gasteiger partial charge in [0.2, 0.25) is 12.5 Å². The quantitative estimate of drug-likeness (QED) is 0.116. The van der Waals surface area contributed by atoms with Crippen LogP contribution in [0.5, 0.6) is 28.7 Å². The van der Waals surface area contributed by atoms with Gasteiger partial charge in [0, 0.05) is 30.3 Å². The molecule has 0 spiro atoms. The van der Waals surface area contributed by atoms with Gasteiger partial charge in [0.25, 0.3) is 0 Å². The number of fused-ring (bicyclic) bond motifs is 3. The fourth-order valence-corrected chi connectivity index (χ4v) is 7.23. The molecule has 1 fully saturated rings. The molecule has 2 unspecified atom stereocenters. The Labute approximate surface area is 283 Å². The Hall–Kier alpha value is -3.49. The SMILES string of the molecule is CCC(CCCNC(=O)N[C@@H]1c2cc3c(cc2[C@@H](c2cc(OC)c(O)c(OC)c2)[C@H]2C(O)OC[C@@H]21)OCO3)NCCCCNCCCN. The number of methoxy groups -OCH3 is 2. The summed E-state index contributed by atoms with van der Waals surface area (Å²) in [6.07, 6.45) is 5.01. The molecule has 0 saturated carbocycles. The maximum atomic E-state index is 13.4. The third kappa shape index (κ3) is 8.20. The molecule has 13 nitrogen and oxygen atoms in total. The van der Waals surface area contributed by atoms with Gasteiger partial charge in [-0.1, -0.05) is 6.92 Å². The molecular formula is C35H53N5O8. The number of nitrogens with one attached hydrogen (secondary N) is 4. The zero-order valence-electron chi connectivity index (χ0n) is 28.4. The third-order valence-electron chi connectivity index (χ3n) is 9.77. The molecule has 2 amide bonds. The number of unbranched alkanes of at least 4 members (excludes halogenated alkanes) is 1. The number of urea groups is 1. The molecule has 0 aromatic heterocycles. The number of carbonyl (C=O) groups is 1. The van der Waals surface area contributed by atoms with Crippen molar-refractivity contribution in [2.24, 2.45) is 17.6 Å². The number of nitrogens with two attached hydrogens (primary N) is 1. The van der Waals surface area contributed by atoms with Crippen LogP contribution in [0.25, 0.3) is 0 Å². The van der Waals surface area contributed by atoms with E-state index in [9.17, 15) is 15.0 Å². The highest BCUT2D eigenvalue weighted by Crippen LogP contribution is 2.56. The average Bonchev–Trinajstić information content (AvgIpc) is 3.72. The minimum Gasteiger partial charge on any atom is -0.502 e. The molecular weight excluding hydrogens is 618 g/mol. The number of rotatable bonds is 18. The predicted octanol–water partition coefficient (Wildman–Crippen LogP) is 3.07. The molecule has 2 aromatic rings. The Morgan fingerprint density at radius 1 is 0.979 bits per heavy atom. The number of phenols is 1. The van der Waals surface area contributed by atoms with Crippen molar-refractivity contribution in [1.82, 2.24) is 21.3 Å². The van der Waals surface area contributed by atoms with Gasteiger partial charge in [-0.2, -0.15) is 0 Å². The molecule has 266 valence electrons. The van der Waals surface area contributed by atoms with Crippen LogP contribution in [0.4, 0.5) is 4.79 Å². The van der Waals surface area contributed by atoms with Crippen LogP contribution in [0.2, 0.25) is 0 Å². The van der Waals surface area contributed by atoms with Crippen molar-refractivity contribution < 1.29 is 38.7 Å². The van der Waals surface area contributed by atoms with E-state index >= 15 is 0 Å². The number of hydrogen-bond acceptors (Lipinski definition) is 11. The minimum atomic E-state index is -1.08. The van der Waals surface area contributed by atoms with Crippen LogP contribution in [-0.4, -0.2) is 88.9 Å². The van der Waals surface area contributed by atoms with Crippen LogP contribution in [0, 0.1) is 11.8 Å². The first-order valence-corrected chi connectivity index (χ1v) is 17.3. The van der Waals surface area contributed by atoms with Crippen LogP contribution in [0.3, 0.4) is 0 Å². The van der Waals surface area contributed by atoms with Gasteiger partial charge >= 0.3 is 6.03 Å². The Kier molecular flexibility index (Phi) is 12.9. The summed E-state index contributed by atoms with van der Waals surface area (Å²) in [4.78, 5) is 13.4. The summed E-state index contributed by atoms with van der Waals surface area (Å²) in [5, 5.41) is 35.1. The molecule has 2 heterocycles. The molecule has 6 atom stereocenters. The average molecular weight is 672 g/mol. The number of aliphatic hydroxyl groups is 1. The predicted molar refractivity (Wildman–Crippen MR) is 181 cm³/mol. The molecule has 5 rings (SSSR count). The van der Waals surface area contributed by atoms with Crippen molar-refractivity contribution in [3.8, 4) is 28.7 Å². The topological polar surface area (TPSA) is 178 Å². The lowest BCUT2D eigenvalue weighted by Gasteiger charge is -2.41. The molecule has 2 aliphatic heterocycles. The summed E-state index contributed by atoms with van der Waals surface area (Å²) >= 11 is 0. The summed E-state index contributed by atoms with van der Waals surface area (Å²) in [6.45, 7) is 6.76. The monoisotopic (exact) mass is 671 g/mol. The fraction of sp³-hybridized carbons (Fsp3) is 0.629. The Balaban J connectivity index is 1.25. The van der Waals surface area contributed by atoms with Crippen molar-refractivity contribution in [2.75, 3.05) is 60.3 Å². The highest BCUT2D eigenvalue weighted by Gasteiger charge is 2.52. The van der Waals surface area contributed by atoms with Gasteiger partial charge in [0.15, 0.2) is 29.3 Å². The molecule has 2 aromatic carbocycles. The second-order valence-corrected chi connectivity index (χ2v) is 12.7. The van der Waals surface area contributed by atoms with E-state index in [0.29, 0.717) is 24.1 Å². The summed E-state index contributed by atoms with van der Waals surface area (Å²) in [6, 6.07) is 7.00. The Bertz CT molecular complexity index is 1340. The summed E-state index contributed by atoms with van der Waals surface area (Å²) in [5.74, 6) is 0.534. The van der Waals surface area contributed by atoms with Crippen molar-refractivity contribution in [3.63, 3.8) is 0 Å². The number of ether oxygens (including phenoxy) is 5. The number of aliphatic hydroxyl groups excluding tert-OH is 1. The number of benzene rings is 2. The summed E-state index contributed by atoms with van der Waals surface area (Å²) < 4.78 is 28.2. The van der Waals surface area contributed by atoms with Gasteiger partial charge in [-0.3, -0.25) is 0 Å². The van der Waals surface area contributed by atoms with Gasteiger partial charge in [-0.25, -0.2) is 4.79 Å². The Morgan fingerprint density at radius 3 is 2.35 bits per heavy atom. The van der Waals surface area contributed by atoms with Crippen LogP contribution in [-0.2, 0) is 4.74 Å². The van der Waals surface area contributed by atoms with Gasteiger partial charge in [-0.15, -0.1) is 0 Å². The van der Waals surface area contributed by atoms with Gasteiger partial charge in [0.1, 0.15) is 0 Å².